The van der Waals surface area contributed by atoms with Crippen molar-refractivity contribution in [1.82, 2.24) is 14.8 Å². The molecule has 1 aromatic carbocycles. The first-order valence-electron chi connectivity index (χ1n) is 8.23. The summed E-state index contributed by atoms with van der Waals surface area (Å²) in [5.41, 5.74) is 1.91. The monoisotopic (exact) mass is 391 g/mol. The van der Waals surface area contributed by atoms with Crippen LogP contribution < -0.4 is 4.74 Å². The van der Waals surface area contributed by atoms with E-state index < -0.39 is 0 Å². The smallest absolute Gasteiger partial charge is 0.270 e. The molecule has 5 nitrogen and oxygen atoms in total. The number of aromatic nitrogens is 1. The predicted molar refractivity (Wildman–Crippen MR) is 97.3 cm³/mol. The summed E-state index contributed by atoms with van der Waals surface area (Å²) in [7, 11) is 0. The van der Waals surface area contributed by atoms with E-state index in [0.717, 1.165) is 42.9 Å². The highest BCUT2D eigenvalue weighted by molar-refractivity contribution is 9.10. The van der Waals surface area contributed by atoms with Crippen LogP contribution in [-0.2, 0) is 6.54 Å². The second-order valence-electron chi connectivity index (χ2n) is 5.88. The van der Waals surface area contributed by atoms with Crippen LogP contribution in [0, 0.1) is 0 Å². The fourth-order valence-electron chi connectivity index (χ4n) is 2.89. The highest BCUT2D eigenvalue weighted by Gasteiger charge is 2.22. The van der Waals surface area contributed by atoms with E-state index in [1.54, 1.807) is 6.20 Å². The minimum atomic E-state index is 0.0708. The number of halogens is 1. The number of aromatic amines is 1. The topological polar surface area (TPSA) is 48.6 Å². The molecule has 1 aliphatic heterocycles. The van der Waals surface area contributed by atoms with Gasteiger partial charge in [-0.15, -0.1) is 0 Å². The van der Waals surface area contributed by atoms with Crippen LogP contribution in [0.25, 0.3) is 0 Å². The largest absolute Gasteiger partial charge is 0.494 e. The normalized spacial score (nSPS) is 15.5. The van der Waals surface area contributed by atoms with Crippen molar-refractivity contribution >= 4 is 21.8 Å². The van der Waals surface area contributed by atoms with Gasteiger partial charge in [0.25, 0.3) is 5.91 Å². The Labute approximate surface area is 150 Å². The van der Waals surface area contributed by atoms with Gasteiger partial charge in [-0.25, -0.2) is 0 Å². The fourth-order valence-corrected chi connectivity index (χ4v) is 3.23. The first-order valence-corrected chi connectivity index (χ1v) is 9.02. The van der Waals surface area contributed by atoms with Crippen LogP contribution in [0.15, 0.2) is 41.0 Å². The van der Waals surface area contributed by atoms with Crippen LogP contribution in [0.2, 0.25) is 0 Å². The van der Waals surface area contributed by atoms with Crippen molar-refractivity contribution < 1.29 is 9.53 Å². The molecule has 2 heterocycles. The zero-order valence-corrected chi connectivity index (χ0v) is 15.4. The highest BCUT2D eigenvalue weighted by atomic mass is 79.9. The van der Waals surface area contributed by atoms with Gasteiger partial charge in [0.2, 0.25) is 0 Å². The number of nitrogens with one attached hydrogen (secondary N) is 1. The maximum Gasteiger partial charge on any atom is 0.270 e. The van der Waals surface area contributed by atoms with Crippen molar-refractivity contribution in [2.24, 2.45) is 0 Å². The Kier molecular flexibility index (Phi) is 5.58. The summed E-state index contributed by atoms with van der Waals surface area (Å²) in [5.74, 6) is 0.982. The number of carbonyl (C=O) groups excluding carboxylic acids is 1. The SMILES string of the molecule is CCOc1ccc(CN2CCN(C(=O)c3cc(Br)c[nH]3)CC2)cc1. The summed E-state index contributed by atoms with van der Waals surface area (Å²) in [6, 6.07) is 10.1. The molecule has 24 heavy (non-hydrogen) atoms. The second-order valence-corrected chi connectivity index (χ2v) is 6.79. The molecule has 3 rings (SSSR count). The first kappa shape index (κ1) is 17.0. The van der Waals surface area contributed by atoms with Crippen molar-refractivity contribution in [2.75, 3.05) is 32.8 Å². The summed E-state index contributed by atoms with van der Waals surface area (Å²) in [6.45, 7) is 6.87. The Bertz CT molecular complexity index is 676. The lowest BCUT2D eigenvalue weighted by atomic mass is 10.2. The van der Waals surface area contributed by atoms with E-state index in [4.69, 9.17) is 4.74 Å². The van der Waals surface area contributed by atoms with Crippen LogP contribution >= 0.6 is 15.9 Å². The molecule has 1 aromatic heterocycles. The summed E-state index contributed by atoms with van der Waals surface area (Å²) >= 11 is 3.37. The Morgan fingerprint density at radius 1 is 1.21 bits per heavy atom. The maximum atomic E-state index is 12.4. The summed E-state index contributed by atoms with van der Waals surface area (Å²) in [5, 5.41) is 0. The molecular formula is C18H22BrN3O2. The number of amides is 1. The highest BCUT2D eigenvalue weighted by Crippen LogP contribution is 2.16. The summed E-state index contributed by atoms with van der Waals surface area (Å²) < 4.78 is 6.37. The number of piperazine rings is 1. The van der Waals surface area contributed by atoms with Crippen molar-refractivity contribution in [3.05, 3.63) is 52.3 Å². The Morgan fingerprint density at radius 3 is 2.50 bits per heavy atom. The molecule has 1 N–H and O–H groups in total. The van der Waals surface area contributed by atoms with Gasteiger partial charge >= 0.3 is 0 Å². The third-order valence-electron chi connectivity index (χ3n) is 4.18. The molecule has 6 heteroatoms. The number of hydrogen-bond donors (Lipinski definition) is 1. The van der Waals surface area contributed by atoms with E-state index in [1.165, 1.54) is 5.56 Å². The molecule has 1 aliphatic rings. The van der Waals surface area contributed by atoms with Gasteiger partial charge in [0.05, 0.1) is 6.61 Å². The Morgan fingerprint density at radius 2 is 1.92 bits per heavy atom. The molecule has 1 amide bonds. The zero-order valence-electron chi connectivity index (χ0n) is 13.8. The average molecular weight is 392 g/mol. The number of nitrogens with zero attached hydrogens (tertiary/aromatic N) is 2. The van der Waals surface area contributed by atoms with Gasteiger partial charge in [0.15, 0.2) is 0 Å². The van der Waals surface area contributed by atoms with Gasteiger partial charge in [-0.05, 0) is 46.6 Å². The van der Waals surface area contributed by atoms with Crippen LogP contribution in [0.4, 0.5) is 0 Å². The van der Waals surface area contributed by atoms with E-state index >= 15 is 0 Å². The quantitative estimate of drug-likeness (QED) is 0.851. The molecule has 0 bridgehead atoms. The van der Waals surface area contributed by atoms with E-state index in [0.29, 0.717) is 12.3 Å². The number of benzene rings is 1. The van der Waals surface area contributed by atoms with Crippen LogP contribution in [0.5, 0.6) is 5.75 Å². The lowest BCUT2D eigenvalue weighted by molar-refractivity contribution is 0.0623. The molecule has 2 aromatic rings. The van der Waals surface area contributed by atoms with Crippen LogP contribution in [0.1, 0.15) is 23.0 Å². The first-order chi connectivity index (χ1) is 11.7. The Balaban J connectivity index is 1.50. The van der Waals surface area contributed by atoms with Crippen molar-refractivity contribution in [3.8, 4) is 5.75 Å². The lowest BCUT2D eigenvalue weighted by Crippen LogP contribution is -2.48. The zero-order chi connectivity index (χ0) is 16.9. The summed E-state index contributed by atoms with van der Waals surface area (Å²) in [4.78, 5) is 19.7. The van der Waals surface area contributed by atoms with Gasteiger partial charge in [-0.2, -0.15) is 0 Å². The standard InChI is InChI=1S/C18H22BrN3O2/c1-2-24-16-5-3-14(4-6-16)13-21-7-9-22(10-8-21)18(23)17-11-15(19)12-20-17/h3-6,11-12,20H,2,7-10,13H2,1H3. The minimum absolute atomic E-state index is 0.0708. The summed E-state index contributed by atoms with van der Waals surface area (Å²) in [6.07, 6.45) is 1.79. The van der Waals surface area contributed by atoms with Gasteiger partial charge in [0.1, 0.15) is 11.4 Å². The van der Waals surface area contributed by atoms with E-state index in [9.17, 15) is 4.79 Å². The fraction of sp³-hybridized carbons (Fsp3) is 0.389. The van der Waals surface area contributed by atoms with E-state index in [-0.39, 0.29) is 5.91 Å². The van der Waals surface area contributed by atoms with Crippen molar-refractivity contribution in [2.45, 2.75) is 13.5 Å². The van der Waals surface area contributed by atoms with Gasteiger partial charge in [0, 0.05) is 43.4 Å². The number of hydrogen-bond acceptors (Lipinski definition) is 3. The third kappa shape index (κ3) is 4.19. The second kappa shape index (κ2) is 7.85. The molecule has 128 valence electrons. The predicted octanol–water partition coefficient (Wildman–Crippen LogP) is 3.13. The molecule has 0 atom stereocenters. The molecule has 0 unspecified atom stereocenters. The van der Waals surface area contributed by atoms with Crippen molar-refractivity contribution in [1.29, 1.82) is 0 Å². The molecular weight excluding hydrogens is 370 g/mol. The average Bonchev–Trinajstić information content (AvgIpc) is 3.03. The molecule has 0 radical (unpaired) electrons. The number of carbonyl (C=O) groups is 1. The lowest BCUT2D eigenvalue weighted by Gasteiger charge is -2.34. The molecule has 1 saturated heterocycles. The third-order valence-corrected chi connectivity index (χ3v) is 4.64. The van der Waals surface area contributed by atoms with Gasteiger partial charge in [-0.1, -0.05) is 12.1 Å². The molecule has 0 saturated carbocycles. The van der Waals surface area contributed by atoms with Crippen molar-refractivity contribution in [3.63, 3.8) is 0 Å². The van der Waals surface area contributed by atoms with Crippen LogP contribution in [0.3, 0.4) is 0 Å². The number of ether oxygens (including phenoxy) is 1. The molecule has 0 spiro atoms. The van der Waals surface area contributed by atoms with E-state index in [1.807, 2.05) is 30.0 Å². The Hall–Kier alpha value is -1.79. The van der Waals surface area contributed by atoms with Gasteiger partial charge in [-0.3, -0.25) is 9.69 Å². The molecule has 0 aliphatic carbocycles. The number of H-pyrrole nitrogens is 1. The van der Waals surface area contributed by atoms with E-state index in [2.05, 4.69) is 37.9 Å². The maximum absolute atomic E-state index is 12.4. The van der Waals surface area contributed by atoms with Gasteiger partial charge < -0.3 is 14.6 Å². The number of rotatable bonds is 5. The minimum Gasteiger partial charge on any atom is -0.494 e. The molecule has 1 fully saturated rings. The van der Waals surface area contributed by atoms with Crippen LogP contribution in [-0.4, -0.2) is 53.5 Å².